The summed E-state index contributed by atoms with van der Waals surface area (Å²) in [6, 6.07) is 27.7. The number of aliphatic carboxylic acids is 1. The molecule has 0 spiro atoms. The maximum Gasteiger partial charge on any atom is 0.322 e. The molecule has 7 nitrogen and oxygen atoms in total. The lowest BCUT2D eigenvalue weighted by atomic mass is 10.1. The van der Waals surface area contributed by atoms with Gasteiger partial charge in [-0.05, 0) is 36.2 Å². The second-order valence-electron chi connectivity index (χ2n) is 9.04. The molecule has 0 fully saturated rings. The minimum Gasteiger partial charge on any atom is -0.480 e. The van der Waals surface area contributed by atoms with Gasteiger partial charge in [-0.3, -0.25) is 4.79 Å². The van der Waals surface area contributed by atoms with Gasteiger partial charge in [0.15, 0.2) is 0 Å². The van der Waals surface area contributed by atoms with Crippen LogP contribution in [0.15, 0.2) is 112 Å². The van der Waals surface area contributed by atoms with E-state index in [1.807, 2.05) is 53.9 Å². The fourth-order valence-corrected chi connectivity index (χ4v) is 6.57. The first-order valence-electron chi connectivity index (χ1n) is 12.1. The molecular weight excluding hydrogens is 532 g/mol. The molecule has 0 aliphatic carbocycles. The number of rotatable bonds is 8. The Balaban J connectivity index is 1.25. The van der Waals surface area contributed by atoms with Crippen molar-refractivity contribution >= 4 is 49.3 Å². The third kappa shape index (κ3) is 4.95. The van der Waals surface area contributed by atoms with Crippen LogP contribution in [0.5, 0.6) is 0 Å². The van der Waals surface area contributed by atoms with Crippen molar-refractivity contribution in [1.82, 2.24) is 9.71 Å². The van der Waals surface area contributed by atoms with E-state index in [2.05, 4.69) is 4.72 Å². The van der Waals surface area contributed by atoms with E-state index in [9.17, 15) is 18.3 Å². The van der Waals surface area contributed by atoms with Gasteiger partial charge in [-0.25, -0.2) is 13.4 Å². The largest absolute Gasteiger partial charge is 0.480 e. The van der Waals surface area contributed by atoms with Gasteiger partial charge in [0.05, 0.1) is 16.2 Å². The van der Waals surface area contributed by atoms with Crippen LogP contribution in [-0.2, 0) is 21.2 Å². The maximum absolute atomic E-state index is 13.0. The zero-order valence-corrected chi connectivity index (χ0v) is 22.1. The first-order valence-corrected chi connectivity index (χ1v) is 14.5. The van der Waals surface area contributed by atoms with Crippen molar-refractivity contribution in [3.8, 4) is 21.8 Å². The van der Waals surface area contributed by atoms with Crippen molar-refractivity contribution < 1.29 is 22.7 Å². The van der Waals surface area contributed by atoms with Crippen LogP contribution in [0.1, 0.15) is 5.56 Å². The number of fused-ring (bicyclic) bond motifs is 3. The lowest BCUT2D eigenvalue weighted by Gasteiger charge is -2.15. The molecule has 1 unspecified atom stereocenters. The number of benzene rings is 4. The molecule has 2 heterocycles. The Bertz CT molecular complexity index is 1910. The summed E-state index contributed by atoms with van der Waals surface area (Å²) in [5.41, 5.74) is 4.65. The van der Waals surface area contributed by atoms with Crippen LogP contribution in [0.25, 0.3) is 43.8 Å². The third-order valence-corrected chi connectivity index (χ3v) is 8.84. The fourth-order valence-electron chi connectivity index (χ4n) is 4.53. The summed E-state index contributed by atoms with van der Waals surface area (Å²) in [5.74, 6) is -1.24. The number of carboxylic acid groups (broad SMARTS) is 1. The lowest BCUT2D eigenvalue weighted by molar-refractivity contribution is -0.138. The molecule has 0 saturated heterocycles. The lowest BCUT2D eigenvalue weighted by Crippen LogP contribution is -2.42. The molecule has 0 saturated carbocycles. The van der Waals surface area contributed by atoms with E-state index in [-0.39, 0.29) is 11.3 Å². The molecule has 0 aliphatic rings. The molecule has 39 heavy (non-hydrogen) atoms. The minimum absolute atomic E-state index is 0.0203. The number of sulfonamides is 1. The Morgan fingerprint density at radius 1 is 0.897 bits per heavy atom. The van der Waals surface area contributed by atoms with Gasteiger partial charge in [0.1, 0.15) is 22.2 Å². The third-order valence-electron chi connectivity index (χ3n) is 6.48. The van der Waals surface area contributed by atoms with Crippen molar-refractivity contribution in [2.45, 2.75) is 17.4 Å². The van der Waals surface area contributed by atoms with Crippen LogP contribution >= 0.6 is 11.3 Å². The highest BCUT2D eigenvalue weighted by molar-refractivity contribution is 7.89. The van der Waals surface area contributed by atoms with Gasteiger partial charge in [-0.2, -0.15) is 4.72 Å². The Morgan fingerprint density at radius 2 is 1.62 bits per heavy atom. The number of hydrogen-bond acceptors (Lipinski definition) is 6. The van der Waals surface area contributed by atoms with Crippen molar-refractivity contribution in [3.05, 3.63) is 108 Å². The molecule has 0 aliphatic heterocycles. The van der Waals surface area contributed by atoms with Crippen LogP contribution in [0.2, 0.25) is 0 Å². The average Bonchev–Trinajstić information content (AvgIpc) is 3.59. The quantitative estimate of drug-likeness (QED) is 0.227. The number of carbonyl (C=O) groups is 1. The number of furan rings is 1. The first kappa shape index (κ1) is 25.0. The first-order chi connectivity index (χ1) is 18.9. The Labute approximate surface area is 228 Å². The van der Waals surface area contributed by atoms with Crippen LogP contribution in [0, 0.1) is 0 Å². The molecule has 0 amide bonds. The molecule has 4 aromatic carbocycles. The number of carboxylic acids is 1. The molecule has 6 aromatic rings. The van der Waals surface area contributed by atoms with Crippen molar-refractivity contribution in [2.24, 2.45) is 0 Å². The summed E-state index contributed by atoms with van der Waals surface area (Å²) in [6.45, 7) is 0. The van der Waals surface area contributed by atoms with E-state index >= 15 is 0 Å². The van der Waals surface area contributed by atoms with Gasteiger partial charge in [0, 0.05) is 21.7 Å². The normalized spacial score (nSPS) is 12.6. The molecular formula is C30H22N2O5S2. The van der Waals surface area contributed by atoms with Gasteiger partial charge >= 0.3 is 5.97 Å². The number of nitrogens with one attached hydrogen (secondary N) is 1. The van der Waals surface area contributed by atoms with Gasteiger partial charge in [0.2, 0.25) is 10.0 Å². The molecule has 2 N–H and O–H groups in total. The SMILES string of the molecule is O=C(O)C(Cc1ccccc1)NS(=O)(=O)c1ccc(-c2csc(-c3cccc4c3oc3ccccc34)n2)cc1. The molecule has 6 rings (SSSR count). The number of aromatic nitrogens is 1. The standard InChI is InChI=1S/C30H22N2O5S2/c33-30(34)25(17-19-7-2-1-3-8-19)32-39(35,36)21-15-13-20(14-16-21)26-18-38-29(31-26)24-11-6-10-23-22-9-4-5-12-27(22)37-28(23)24/h1-16,18,25,32H,17H2,(H,33,34). The Hall–Kier alpha value is -4.31. The molecule has 0 bridgehead atoms. The molecule has 2 aromatic heterocycles. The predicted molar refractivity (Wildman–Crippen MR) is 152 cm³/mol. The van der Waals surface area contributed by atoms with Crippen LogP contribution < -0.4 is 4.72 Å². The van der Waals surface area contributed by atoms with Crippen molar-refractivity contribution in [2.75, 3.05) is 0 Å². The van der Waals surface area contributed by atoms with Gasteiger partial charge in [-0.1, -0.05) is 72.8 Å². The number of hydrogen-bond donors (Lipinski definition) is 2. The number of thiazole rings is 1. The summed E-state index contributed by atoms with van der Waals surface area (Å²) in [5, 5.41) is 14.4. The van der Waals surface area contributed by atoms with E-state index < -0.39 is 22.0 Å². The second kappa shape index (κ2) is 10.1. The molecule has 0 radical (unpaired) electrons. The van der Waals surface area contributed by atoms with Crippen molar-refractivity contribution in [3.63, 3.8) is 0 Å². The van der Waals surface area contributed by atoms with E-state index in [1.54, 1.807) is 36.4 Å². The zero-order chi connectivity index (χ0) is 27.0. The summed E-state index contributed by atoms with van der Waals surface area (Å²) in [7, 11) is -4.06. The highest BCUT2D eigenvalue weighted by atomic mass is 32.2. The van der Waals surface area contributed by atoms with E-state index in [0.29, 0.717) is 5.69 Å². The van der Waals surface area contributed by atoms with Crippen LogP contribution in [0.4, 0.5) is 0 Å². The fraction of sp³-hybridized carbons (Fsp3) is 0.0667. The van der Waals surface area contributed by atoms with Gasteiger partial charge < -0.3 is 9.52 Å². The van der Waals surface area contributed by atoms with Crippen molar-refractivity contribution in [1.29, 1.82) is 0 Å². The van der Waals surface area contributed by atoms with Crippen LogP contribution in [-0.4, -0.2) is 30.5 Å². The minimum atomic E-state index is -4.06. The molecule has 194 valence electrons. The summed E-state index contributed by atoms with van der Waals surface area (Å²) >= 11 is 1.48. The average molecular weight is 555 g/mol. The van der Waals surface area contributed by atoms with Crippen LogP contribution in [0.3, 0.4) is 0 Å². The Morgan fingerprint density at radius 3 is 2.38 bits per heavy atom. The van der Waals surface area contributed by atoms with Gasteiger partial charge in [0.25, 0.3) is 0 Å². The summed E-state index contributed by atoms with van der Waals surface area (Å²) in [4.78, 5) is 16.5. The van der Waals surface area contributed by atoms with Gasteiger partial charge in [-0.15, -0.1) is 11.3 Å². The second-order valence-corrected chi connectivity index (χ2v) is 11.6. The smallest absolute Gasteiger partial charge is 0.322 e. The van der Waals surface area contributed by atoms with E-state index in [0.717, 1.165) is 43.6 Å². The topological polar surface area (TPSA) is 110 Å². The molecule has 9 heteroatoms. The zero-order valence-electron chi connectivity index (χ0n) is 20.4. The number of nitrogens with zero attached hydrogens (tertiary/aromatic N) is 1. The number of para-hydroxylation sites is 2. The highest BCUT2D eigenvalue weighted by Crippen LogP contribution is 2.38. The summed E-state index contributed by atoms with van der Waals surface area (Å²) < 4.78 is 34.4. The predicted octanol–water partition coefficient (Wildman–Crippen LogP) is 6.35. The maximum atomic E-state index is 13.0. The summed E-state index contributed by atoms with van der Waals surface area (Å²) in [6.07, 6.45) is 0.0348. The van der Waals surface area contributed by atoms with E-state index in [1.165, 1.54) is 23.5 Å². The highest BCUT2D eigenvalue weighted by Gasteiger charge is 2.26. The monoisotopic (exact) mass is 554 g/mol. The Kier molecular flexibility index (Phi) is 6.48. The van der Waals surface area contributed by atoms with E-state index in [4.69, 9.17) is 9.40 Å². The molecule has 1 atom stereocenters.